The molecule has 2 atom stereocenters. The van der Waals surface area contributed by atoms with Gasteiger partial charge in [0.2, 0.25) is 0 Å². The average Bonchev–Trinajstić information content (AvgIpc) is 2.22. The first-order chi connectivity index (χ1) is 8.04. The number of hydrogen-bond donors (Lipinski definition) is 1. The monoisotopic (exact) mass is 296 g/mol. The van der Waals surface area contributed by atoms with Crippen molar-refractivity contribution in [3.8, 4) is 0 Å². The molecule has 1 aliphatic carbocycles. The van der Waals surface area contributed by atoms with E-state index < -0.39 is 0 Å². The van der Waals surface area contributed by atoms with E-state index in [4.69, 9.17) is 0 Å². The lowest BCUT2D eigenvalue weighted by atomic mass is 9.80. The van der Waals surface area contributed by atoms with Gasteiger partial charge in [-0.1, -0.05) is 13.8 Å². The summed E-state index contributed by atoms with van der Waals surface area (Å²) in [7, 11) is 0. The molecule has 0 amide bonds. The highest BCUT2D eigenvalue weighted by Crippen LogP contribution is 2.30. The standard InChI is InChI=1S/C14H21BrN2/c1-9-4-10(2)6-12(5-9)17-14-7-11(3)13(15)8-16-14/h7-10,12H,4-6H2,1-3H3,(H,16,17). The van der Waals surface area contributed by atoms with Crippen molar-refractivity contribution >= 4 is 21.7 Å². The van der Waals surface area contributed by atoms with Crippen LogP contribution in [0.1, 0.15) is 38.7 Å². The van der Waals surface area contributed by atoms with E-state index in [0.717, 1.165) is 22.1 Å². The van der Waals surface area contributed by atoms with Crippen molar-refractivity contribution in [1.29, 1.82) is 0 Å². The topological polar surface area (TPSA) is 24.9 Å². The Morgan fingerprint density at radius 2 is 1.88 bits per heavy atom. The zero-order chi connectivity index (χ0) is 12.4. The predicted octanol–water partition coefficient (Wildman–Crippen LogP) is 4.39. The van der Waals surface area contributed by atoms with Gasteiger partial charge in [0.1, 0.15) is 5.82 Å². The lowest BCUT2D eigenvalue weighted by Gasteiger charge is -2.32. The minimum Gasteiger partial charge on any atom is -0.367 e. The van der Waals surface area contributed by atoms with Gasteiger partial charge < -0.3 is 5.32 Å². The van der Waals surface area contributed by atoms with Crippen LogP contribution in [0.2, 0.25) is 0 Å². The summed E-state index contributed by atoms with van der Waals surface area (Å²) in [5, 5.41) is 3.58. The van der Waals surface area contributed by atoms with Crippen LogP contribution in [0.4, 0.5) is 5.82 Å². The number of rotatable bonds is 2. The van der Waals surface area contributed by atoms with Crippen molar-refractivity contribution < 1.29 is 0 Å². The first kappa shape index (κ1) is 12.9. The normalized spacial score (nSPS) is 29.1. The highest BCUT2D eigenvalue weighted by molar-refractivity contribution is 9.10. The number of pyridine rings is 1. The van der Waals surface area contributed by atoms with Crippen LogP contribution in [-0.4, -0.2) is 11.0 Å². The van der Waals surface area contributed by atoms with E-state index in [1.807, 2.05) is 6.20 Å². The van der Waals surface area contributed by atoms with Crippen molar-refractivity contribution in [1.82, 2.24) is 4.98 Å². The predicted molar refractivity (Wildman–Crippen MR) is 76.3 cm³/mol. The van der Waals surface area contributed by atoms with Crippen LogP contribution < -0.4 is 5.32 Å². The highest BCUT2D eigenvalue weighted by atomic mass is 79.9. The Morgan fingerprint density at radius 3 is 2.47 bits per heavy atom. The molecule has 0 aromatic carbocycles. The van der Waals surface area contributed by atoms with Crippen LogP contribution in [0.25, 0.3) is 0 Å². The van der Waals surface area contributed by atoms with Gasteiger partial charge >= 0.3 is 0 Å². The number of nitrogens with one attached hydrogen (secondary N) is 1. The van der Waals surface area contributed by atoms with Crippen LogP contribution in [0, 0.1) is 18.8 Å². The number of nitrogens with zero attached hydrogens (tertiary/aromatic N) is 1. The maximum absolute atomic E-state index is 4.43. The van der Waals surface area contributed by atoms with Crippen LogP contribution in [0.3, 0.4) is 0 Å². The molecule has 1 fully saturated rings. The number of anilines is 1. The minimum atomic E-state index is 0.585. The second-order valence-electron chi connectivity index (χ2n) is 5.58. The second-order valence-corrected chi connectivity index (χ2v) is 6.43. The van der Waals surface area contributed by atoms with E-state index in [1.165, 1.54) is 24.8 Å². The summed E-state index contributed by atoms with van der Waals surface area (Å²) in [5.74, 6) is 2.66. The van der Waals surface area contributed by atoms with E-state index >= 15 is 0 Å². The molecule has 0 radical (unpaired) electrons. The summed E-state index contributed by atoms with van der Waals surface area (Å²) in [6.45, 7) is 6.80. The fraction of sp³-hybridized carbons (Fsp3) is 0.643. The summed E-state index contributed by atoms with van der Waals surface area (Å²) in [4.78, 5) is 4.43. The van der Waals surface area contributed by atoms with Crippen LogP contribution >= 0.6 is 15.9 Å². The third-order valence-electron chi connectivity index (χ3n) is 3.58. The molecule has 1 aliphatic rings. The molecule has 1 heterocycles. The Morgan fingerprint density at radius 1 is 1.24 bits per heavy atom. The first-order valence-corrected chi connectivity index (χ1v) is 7.22. The van der Waals surface area contributed by atoms with Crippen LogP contribution in [0.5, 0.6) is 0 Å². The molecule has 17 heavy (non-hydrogen) atoms. The number of aromatic nitrogens is 1. The summed E-state index contributed by atoms with van der Waals surface area (Å²) < 4.78 is 1.08. The maximum Gasteiger partial charge on any atom is 0.126 e. The molecular weight excluding hydrogens is 276 g/mol. The lowest BCUT2D eigenvalue weighted by molar-refractivity contribution is 0.280. The number of halogens is 1. The Kier molecular flexibility index (Phi) is 4.08. The summed E-state index contributed by atoms with van der Waals surface area (Å²) in [6, 6.07) is 2.70. The third kappa shape index (κ3) is 3.44. The van der Waals surface area contributed by atoms with E-state index in [0.29, 0.717) is 6.04 Å². The minimum absolute atomic E-state index is 0.585. The van der Waals surface area contributed by atoms with Crippen molar-refractivity contribution in [2.75, 3.05) is 5.32 Å². The van der Waals surface area contributed by atoms with Gasteiger partial charge in [-0.3, -0.25) is 0 Å². The van der Waals surface area contributed by atoms with Gasteiger partial charge in [-0.25, -0.2) is 4.98 Å². The number of aryl methyl sites for hydroxylation is 1. The third-order valence-corrected chi connectivity index (χ3v) is 4.41. The molecule has 2 unspecified atom stereocenters. The molecule has 1 saturated carbocycles. The maximum atomic E-state index is 4.43. The molecule has 2 rings (SSSR count). The Bertz CT molecular complexity index is 382. The molecule has 1 aromatic rings. The van der Waals surface area contributed by atoms with Crippen LogP contribution in [-0.2, 0) is 0 Å². The number of hydrogen-bond acceptors (Lipinski definition) is 2. The van der Waals surface area contributed by atoms with Gasteiger partial charge in [-0.2, -0.15) is 0 Å². The molecular formula is C14H21BrN2. The van der Waals surface area contributed by atoms with Crippen molar-refractivity contribution in [2.45, 2.75) is 46.1 Å². The van der Waals surface area contributed by atoms with Gasteiger partial charge in [0.05, 0.1) is 0 Å². The summed E-state index contributed by atoms with van der Waals surface area (Å²) in [6.07, 6.45) is 5.78. The summed E-state index contributed by atoms with van der Waals surface area (Å²) in [5.41, 5.74) is 1.24. The Hall–Kier alpha value is -0.570. The fourth-order valence-electron chi connectivity index (χ4n) is 2.89. The highest BCUT2D eigenvalue weighted by Gasteiger charge is 2.23. The van der Waals surface area contributed by atoms with Crippen molar-refractivity contribution in [3.63, 3.8) is 0 Å². The molecule has 0 aliphatic heterocycles. The average molecular weight is 297 g/mol. The van der Waals surface area contributed by atoms with E-state index in [1.54, 1.807) is 0 Å². The van der Waals surface area contributed by atoms with Crippen LogP contribution in [0.15, 0.2) is 16.7 Å². The lowest BCUT2D eigenvalue weighted by Crippen LogP contribution is -2.30. The Balaban J connectivity index is 2.02. The zero-order valence-corrected chi connectivity index (χ0v) is 12.4. The second kappa shape index (κ2) is 5.38. The van der Waals surface area contributed by atoms with E-state index in [2.05, 4.69) is 53.1 Å². The summed E-state index contributed by atoms with van der Waals surface area (Å²) >= 11 is 3.48. The molecule has 0 bridgehead atoms. The molecule has 3 heteroatoms. The molecule has 2 nitrogen and oxygen atoms in total. The van der Waals surface area contributed by atoms with Crippen molar-refractivity contribution in [3.05, 3.63) is 22.3 Å². The molecule has 1 N–H and O–H groups in total. The van der Waals surface area contributed by atoms with E-state index in [9.17, 15) is 0 Å². The first-order valence-electron chi connectivity index (χ1n) is 6.43. The fourth-order valence-corrected chi connectivity index (χ4v) is 3.11. The van der Waals surface area contributed by atoms with Crippen molar-refractivity contribution in [2.24, 2.45) is 11.8 Å². The van der Waals surface area contributed by atoms with Gasteiger partial charge in [0, 0.05) is 16.7 Å². The SMILES string of the molecule is Cc1cc(NC2CC(C)CC(C)C2)ncc1Br. The molecule has 1 aromatic heterocycles. The Labute approximate surface area is 112 Å². The van der Waals surface area contributed by atoms with Gasteiger partial charge in [0.15, 0.2) is 0 Å². The van der Waals surface area contributed by atoms with Gasteiger partial charge in [-0.05, 0) is 65.6 Å². The zero-order valence-electron chi connectivity index (χ0n) is 10.8. The van der Waals surface area contributed by atoms with Gasteiger partial charge in [-0.15, -0.1) is 0 Å². The van der Waals surface area contributed by atoms with E-state index in [-0.39, 0.29) is 0 Å². The molecule has 0 spiro atoms. The smallest absolute Gasteiger partial charge is 0.126 e. The largest absolute Gasteiger partial charge is 0.367 e. The molecule has 94 valence electrons. The van der Waals surface area contributed by atoms with Gasteiger partial charge in [0.25, 0.3) is 0 Å². The quantitative estimate of drug-likeness (QED) is 0.875. The molecule has 0 saturated heterocycles.